The number of benzene rings is 2. The van der Waals surface area contributed by atoms with Crippen LogP contribution in [-0.2, 0) is 0 Å². The molecule has 0 fully saturated rings. The minimum atomic E-state index is -1.14. The van der Waals surface area contributed by atoms with Crippen molar-refractivity contribution in [2.24, 2.45) is 0 Å². The fraction of sp³-hybridized carbons (Fsp3) is 0.107. The van der Waals surface area contributed by atoms with Crippen molar-refractivity contribution in [2.45, 2.75) is 19.8 Å². The summed E-state index contributed by atoms with van der Waals surface area (Å²) in [6, 6.07) is 11.9. The molecule has 0 spiro atoms. The van der Waals surface area contributed by atoms with Crippen LogP contribution in [0.5, 0.6) is 0 Å². The molecular weight excluding hydrogens is 505 g/mol. The Morgan fingerprint density at radius 1 is 1.05 bits per heavy atom. The van der Waals surface area contributed by atoms with Crippen LogP contribution < -0.4 is 5.32 Å². The average Bonchev–Trinajstić information content (AvgIpc) is 3.67. The second-order valence-corrected chi connectivity index (χ2v) is 10.2. The van der Waals surface area contributed by atoms with Gasteiger partial charge in [0.15, 0.2) is 5.13 Å². The molecular formula is C28H22FN5O3S. The first kappa shape index (κ1) is 23.7. The molecule has 0 saturated carbocycles. The molecule has 6 aromatic rings. The van der Waals surface area contributed by atoms with E-state index in [0.29, 0.717) is 49.6 Å². The fourth-order valence-corrected chi connectivity index (χ4v) is 5.55. The van der Waals surface area contributed by atoms with E-state index in [-0.39, 0.29) is 17.5 Å². The third kappa shape index (κ3) is 3.86. The van der Waals surface area contributed by atoms with E-state index >= 15 is 0 Å². The van der Waals surface area contributed by atoms with Gasteiger partial charge in [-0.1, -0.05) is 26.0 Å². The SMILES string of the molecule is CC(C)c1c(-c2cc(F)cc3[nH]ccc23)[nH]c(C(=O)O)c1-c1cccc2[nH]c(C(=O)Nc3nccs3)cc12. The number of anilines is 1. The van der Waals surface area contributed by atoms with Crippen molar-refractivity contribution < 1.29 is 19.1 Å². The zero-order valence-corrected chi connectivity index (χ0v) is 21.2. The molecule has 10 heteroatoms. The standard InChI is InChI=1S/C28H22FN5O3S/c1-13(2)22-23(25(27(36)37)33-24(22)18-10-14(29)11-20-15(18)6-7-30-20)16-4-3-5-19-17(16)12-21(32-19)26(35)34-28-31-8-9-38-28/h3-13,30,32-33H,1-2H3,(H,36,37)(H,31,34,35). The number of amides is 1. The monoisotopic (exact) mass is 527 g/mol. The first-order valence-corrected chi connectivity index (χ1v) is 12.8. The van der Waals surface area contributed by atoms with Gasteiger partial charge in [0.25, 0.3) is 5.91 Å². The summed E-state index contributed by atoms with van der Waals surface area (Å²) in [5.74, 6) is -2.03. The van der Waals surface area contributed by atoms with Crippen LogP contribution in [0.4, 0.5) is 9.52 Å². The van der Waals surface area contributed by atoms with Crippen LogP contribution in [0.25, 0.3) is 44.2 Å². The van der Waals surface area contributed by atoms with Gasteiger partial charge in [-0.3, -0.25) is 10.1 Å². The lowest BCUT2D eigenvalue weighted by molar-refractivity contribution is 0.0692. The van der Waals surface area contributed by atoms with Crippen molar-refractivity contribution in [2.75, 3.05) is 5.32 Å². The maximum Gasteiger partial charge on any atom is 0.352 e. The Bertz CT molecular complexity index is 1850. The van der Waals surface area contributed by atoms with Crippen LogP contribution in [0.15, 0.2) is 60.2 Å². The summed E-state index contributed by atoms with van der Waals surface area (Å²) in [7, 11) is 0. The van der Waals surface area contributed by atoms with Gasteiger partial charge in [-0.15, -0.1) is 11.3 Å². The molecule has 6 rings (SSSR count). The van der Waals surface area contributed by atoms with Gasteiger partial charge < -0.3 is 20.1 Å². The van der Waals surface area contributed by atoms with Crippen molar-refractivity contribution in [3.8, 4) is 22.4 Å². The fourth-order valence-electron chi connectivity index (χ4n) is 5.03. The molecule has 0 saturated heterocycles. The summed E-state index contributed by atoms with van der Waals surface area (Å²) >= 11 is 1.31. The van der Waals surface area contributed by atoms with E-state index in [0.717, 1.165) is 10.9 Å². The minimum Gasteiger partial charge on any atom is -0.477 e. The summed E-state index contributed by atoms with van der Waals surface area (Å²) in [4.78, 5) is 38.8. The molecule has 4 aromatic heterocycles. The average molecular weight is 528 g/mol. The Morgan fingerprint density at radius 3 is 2.63 bits per heavy atom. The number of aromatic carboxylic acids is 1. The van der Waals surface area contributed by atoms with Gasteiger partial charge in [-0.2, -0.15) is 0 Å². The molecule has 38 heavy (non-hydrogen) atoms. The highest BCUT2D eigenvalue weighted by atomic mass is 32.1. The van der Waals surface area contributed by atoms with Gasteiger partial charge in [0.1, 0.15) is 17.2 Å². The van der Waals surface area contributed by atoms with E-state index < -0.39 is 11.8 Å². The van der Waals surface area contributed by atoms with E-state index in [4.69, 9.17) is 0 Å². The van der Waals surface area contributed by atoms with Gasteiger partial charge in [-0.05, 0) is 47.4 Å². The Morgan fingerprint density at radius 2 is 1.89 bits per heavy atom. The molecule has 0 aliphatic carbocycles. The molecule has 0 radical (unpaired) electrons. The smallest absolute Gasteiger partial charge is 0.352 e. The van der Waals surface area contributed by atoms with Gasteiger partial charge in [-0.25, -0.2) is 14.2 Å². The van der Waals surface area contributed by atoms with Crippen molar-refractivity contribution in [1.82, 2.24) is 19.9 Å². The number of nitrogens with one attached hydrogen (secondary N) is 4. The van der Waals surface area contributed by atoms with Crippen LogP contribution in [0, 0.1) is 5.82 Å². The quantitative estimate of drug-likeness (QED) is 0.160. The van der Waals surface area contributed by atoms with E-state index in [1.165, 1.54) is 23.5 Å². The number of halogens is 1. The Balaban J connectivity index is 1.58. The Kier molecular flexibility index (Phi) is 5.61. The molecule has 0 atom stereocenters. The van der Waals surface area contributed by atoms with E-state index in [1.54, 1.807) is 23.8 Å². The minimum absolute atomic E-state index is 0.000802. The Hall–Kier alpha value is -4.70. The lowest BCUT2D eigenvalue weighted by Gasteiger charge is -2.13. The predicted molar refractivity (Wildman–Crippen MR) is 146 cm³/mol. The number of H-pyrrole nitrogens is 3. The lowest BCUT2D eigenvalue weighted by Crippen LogP contribution is -2.11. The number of aromatic nitrogens is 4. The zero-order valence-electron chi connectivity index (χ0n) is 20.3. The van der Waals surface area contributed by atoms with E-state index in [1.807, 2.05) is 38.1 Å². The third-order valence-electron chi connectivity index (χ3n) is 6.56. The molecule has 0 aliphatic rings. The molecule has 190 valence electrons. The van der Waals surface area contributed by atoms with Gasteiger partial charge in [0.05, 0.1) is 5.69 Å². The van der Waals surface area contributed by atoms with Crippen molar-refractivity contribution >= 4 is 50.2 Å². The van der Waals surface area contributed by atoms with Gasteiger partial charge in [0.2, 0.25) is 0 Å². The summed E-state index contributed by atoms with van der Waals surface area (Å²) in [5, 5.41) is 16.7. The topological polar surface area (TPSA) is 127 Å². The summed E-state index contributed by atoms with van der Waals surface area (Å²) in [6.45, 7) is 3.94. The molecule has 4 heterocycles. The zero-order chi connectivity index (χ0) is 26.6. The number of carbonyl (C=O) groups excluding carboxylic acids is 1. The molecule has 0 unspecified atom stereocenters. The number of carboxylic acids is 1. The molecule has 0 aliphatic heterocycles. The van der Waals surface area contributed by atoms with Gasteiger partial charge in [0, 0.05) is 50.7 Å². The van der Waals surface area contributed by atoms with Crippen molar-refractivity contribution in [1.29, 1.82) is 0 Å². The predicted octanol–water partition coefficient (Wildman–Crippen LogP) is 6.98. The first-order chi connectivity index (χ1) is 18.3. The maximum atomic E-state index is 14.6. The molecule has 0 bridgehead atoms. The number of aromatic amines is 3. The molecule has 5 N–H and O–H groups in total. The summed E-state index contributed by atoms with van der Waals surface area (Å²) in [6.07, 6.45) is 3.33. The molecule has 8 nitrogen and oxygen atoms in total. The number of thiazole rings is 1. The maximum absolute atomic E-state index is 14.6. The highest BCUT2D eigenvalue weighted by Gasteiger charge is 2.28. The van der Waals surface area contributed by atoms with E-state index in [2.05, 4.69) is 25.3 Å². The number of carboxylic acid groups (broad SMARTS) is 1. The number of nitrogens with zero attached hydrogens (tertiary/aromatic N) is 1. The third-order valence-corrected chi connectivity index (χ3v) is 7.25. The molecule has 1 amide bonds. The number of fused-ring (bicyclic) bond motifs is 2. The number of rotatable bonds is 6. The lowest BCUT2D eigenvalue weighted by atomic mass is 9.89. The number of carbonyl (C=O) groups is 2. The first-order valence-electron chi connectivity index (χ1n) is 11.9. The van der Waals surface area contributed by atoms with Crippen LogP contribution in [0.1, 0.15) is 46.3 Å². The largest absolute Gasteiger partial charge is 0.477 e. The van der Waals surface area contributed by atoms with Crippen LogP contribution >= 0.6 is 11.3 Å². The van der Waals surface area contributed by atoms with Crippen LogP contribution in [0.2, 0.25) is 0 Å². The second kappa shape index (κ2) is 9.00. The summed E-state index contributed by atoms with van der Waals surface area (Å²) < 4.78 is 14.6. The van der Waals surface area contributed by atoms with Gasteiger partial charge >= 0.3 is 5.97 Å². The Labute approximate surface area is 219 Å². The number of hydrogen-bond acceptors (Lipinski definition) is 4. The van der Waals surface area contributed by atoms with Crippen LogP contribution in [-0.4, -0.2) is 36.9 Å². The molecule has 2 aromatic carbocycles. The van der Waals surface area contributed by atoms with Crippen molar-refractivity contribution in [3.05, 3.63) is 83.0 Å². The van der Waals surface area contributed by atoms with Crippen molar-refractivity contribution in [3.63, 3.8) is 0 Å². The number of hydrogen-bond donors (Lipinski definition) is 5. The normalized spacial score (nSPS) is 11.6. The summed E-state index contributed by atoms with van der Waals surface area (Å²) in [5.41, 5.74) is 4.64. The van der Waals surface area contributed by atoms with E-state index in [9.17, 15) is 19.1 Å². The van der Waals surface area contributed by atoms with Crippen LogP contribution in [0.3, 0.4) is 0 Å². The second-order valence-electron chi connectivity index (χ2n) is 9.26. The highest BCUT2D eigenvalue weighted by molar-refractivity contribution is 7.13. The highest BCUT2D eigenvalue weighted by Crippen LogP contribution is 2.44.